The number of nitrogens with one attached hydrogen (secondary N) is 1. The molecule has 0 radical (unpaired) electrons. The predicted molar refractivity (Wildman–Crippen MR) is 58.9 cm³/mol. The monoisotopic (exact) mass is 221 g/mol. The van der Waals surface area contributed by atoms with E-state index in [2.05, 4.69) is 15.0 Å². The second kappa shape index (κ2) is 4.09. The highest BCUT2D eigenvalue weighted by molar-refractivity contribution is 5.79. The van der Waals surface area contributed by atoms with Gasteiger partial charge in [0.2, 0.25) is 0 Å². The molecule has 0 aliphatic carbocycles. The first-order valence-electron chi connectivity index (χ1n) is 4.66. The van der Waals surface area contributed by atoms with Crippen LogP contribution in [0.1, 0.15) is 0 Å². The van der Waals surface area contributed by atoms with Gasteiger partial charge < -0.3 is 20.2 Å². The summed E-state index contributed by atoms with van der Waals surface area (Å²) >= 11 is 0. The Hall–Kier alpha value is -2.24. The van der Waals surface area contributed by atoms with Gasteiger partial charge in [0, 0.05) is 5.69 Å². The molecule has 2 aromatic rings. The van der Waals surface area contributed by atoms with E-state index in [1.54, 1.807) is 18.2 Å². The molecule has 84 valence electrons. The first kappa shape index (κ1) is 10.3. The largest absolute Gasteiger partial charge is 0.468 e. The van der Waals surface area contributed by atoms with E-state index in [9.17, 15) is 4.79 Å². The summed E-state index contributed by atoms with van der Waals surface area (Å²) in [6.07, 6.45) is 0. The summed E-state index contributed by atoms with van der Waals surface area (Å²) in [6.45, 7) is 0.0127. The van der Waals surface area contributed by atoms with E-state index in [-0.39, 0.29) is 18.5 Å². The molecule has 0 saturated heterocycles. The van der Waals surface area contributed by atoms with Crippen LogP contribution in [0.2, 0.25) is 0 Å². The molecule has 0 spiro atoms. The van der Waals surface area contributed by atoms with Crippen LogP contribution in [-0.2, 0) is 9.53 Å². The second-order valence-corrected chi connectivity index (χ2v) is 3.18. The molecule has 6 nitrogen and oxygen atoms in total. The van der Waals surface area contributed by atoms with E-state index in [0.717, 1.165) is 0 Å². The lowest BCUT2D eigenvalue weighted by molar-refractivity contribution is -0.138. The van der Waals surface area contributed by atoms with Gasteiger partial charge in [-0.1, -0.05) is 0 Å². The minimum Gasteiger partial charge on any atom is -0.468 e. The average Bonchev–Trinajstić information content (AvgIpc) is 2.67. The standard InChI is InChI=1S/C10H11N3O3/c1-15-9(14)5-12-10-13-7-4-6(11)2-3-8(7)16-10/h2-4H,5,11H2,1H3,(H,12,13). The van der Waals surface area contributed by atoms with E-state index in [1.807, 2.05) is 0 Å². The Morgan fingerprint density at radius 1 is 1.62 bits per heavy atom. The van der Waals surface area contributed by atoms with Gasteiger partial charge in [-0.3, -0.25) is 4.79 Å². The normalized spacial score (nSPS) is 10.3. The van der Waals surface area contributed by atoms with Crippen LogP contribution in [0.15, 0.2) is 22.6 Å². The molecular formula is C10H11N3O3. The molecule has 2 rings (SSSR count). The van der Waals surface area contributed by atoms with Gasteiger partial charge in [-0.25, -0.2) is 0 Å². The van der Waals surface area contributed by atoms with E-state index in [1.165, 1.54) is 7.11 Å². The third-order valence-corrected chi connectivity index (χ3v) is 2.02. The Morgan fingerprint density at radius 2 is 2.44 bits per heavy atom. The Kier molecular flexibility index (Phi) is 2.63. The maximum atomic E-state index is 10.9. The van der Waals surface area contributed by atoms with Gasteiger partial charge in [0.1, 0.15) is 12.1 Å². The highest BCUT2D eigenvalue weighted by Gasteiger charge is 2.07. The lowest BCUT2D eigenvalue weighted by Crippen LogP contribution is -2.14. The quantitative estimate of drug-likeness (QED) is 0.593. The summed E-state index contributed by atoms with van der Waals surface area (Å²) in [5, 5.41) is 2.71. The van der Waals surface area contributed by atoms with Gasteiger partial charge in [0.05, 0.1) is 7.11 Å². The zero-order valence-electron chi connectivity index (χ0n) is 8.69. The summed E-state index contributed by atoms with van der Waals surface area (Å²) in [6, 6.07) is 5.41. The number of benzene rings is 1. The van der Waals surface area contributed by atoms with Crippen LogP contribution in [0.4, 0.5) is 11.7 Å². The fraction of sp³-hybridized carbons (Fsp3) is 0.200. The summed E-state index contributed by atoms with van der Waals surface area (Å²) in [5.74, 6) is -0.387. The summed E-state index contributed by atoms with van der Waals surface area (Å²) in [5.41, 5.74) is 7.47. The number of aromatic nitrogens is 1. The number of nitrogens with zero attached hydrogens (tertiary/aromatic N) is 1. The van der Waals surface area contributed by atoms with Crippen molar-refractivity contribution in [1.29, 1.82) is 0 Å². The van der Waals surface area contributed by atoms with Crippen molar-refractivity contribution in [2.45, 2.75) is 0 Å². The molecule has 0 atom stereocenters. The fourth-order valence-electron chi connectivity index (χ4n) is 1.24. The number of fused-ring (bicyclic) bond motifs is 1. The average molecular weight is 221 g/mol. The number of carbonyl (C=O) groups excluding carboxylic acids is 1. The van der Waals surface area contributed by atoms with Crippen LogP contribution < -0.4 is 11.1 Å². The number of esters is 1. The fourth-order valence-corrected chi connectivity index (χ4v) is 1.24. The third-order valence-electron chi connectivity index (χ3n) is 2.02. The Bertz CT molecular complexity index is 521. The number of oxazole rings is 1. The molecule has 0 aliphatic heterocycles. The van der Waals surface area contributed by atoms with Crippen molar-refractivity contribution in [3.05, 3.63) is 18.2 Å². The number of carbonyl (C=O) groups is 1. The van der Waals surface area contributed by atoms with Crippen molar-refractivity contribution in [1.82, 2.24) is 4.98 Å². The predicted octanol–water partition coefficient (Wildman–Crippen LogP) is 0.995. The van der Waals surface area contributed by atoms with Gasteiger partial charge in [-0.05, 0) is 18.2 Å². The third kappa shape index (κ3) is 2.05. The second-order valence-electron chi connectivity index (χ2n) is 3.18. The Morgan fingerprint density at radius 3 is 3.19 bits per heavy atom. The van der Waals surface area contributed by atoms with Crippen LogP contribution in [0.25, 0.3) is 11.1 Å². The van der Waals surface area contributed by atoms with Crippen LogP contribution in [0.5, 0.6) is 0 Å². The van der Waals surface area contributed by atoms with E-state index >= 15 is 0 Å². The number of hydrogen-bond acceptors (Lipinski definition) is 6. The van der Waals surface area contributed by atoms with Crippen LogP contribution in [-0.4, -0.2) is 24.6 Å². The molecule has 0 saturated carbocycles. The number of rotatable bonds is 3. The van der Waals surface area contributed by atoms with Crippen molar-refractivity contribution in [2.75, 3.05) is 24.7 Å². The lowest BCUT2D eigenvalue weighted by atomic mass is 10.3. The van der Waals surface area contributed by atoms with Crippen molar-refractivity contribution in [3.63, 3.8) is 0 Å². The van der Waals surface area contributed by atoms with Crippen LogP contribution in [0, 0.1) is 0 Å². The minimum absolute atomic E-state index is 0.0127. The van der Waals surface area contributed by atoms with E-state index in [0.29, 0.717) is 16.8 Å². The molecule has 1 heterocycles. The van der Waals surface area contributed by atoms with Gasteiger partial charge in [0.15, 0.2) is 5.58 Å². The van der Waals surface area contributed by atoms with E-state index < -0.39 is 0 Å². The zero-order valence-corrected chi connectivity index (χ0v) is 8.69. The van der Waals surface area contributed by atoms with E-state index in [4.69, 9.17) is 10.2 Å². The van der Waals surface area contributed by atoms with Gasteiger partial charge in [-0.15, -0.1) is 0 Å². The maximum Gasteiger partial charge on any atom is 0.325 e. The molecule has 6 heteroatoms. The lowest BCUT2D eigenvalue weighted by Gasteiger charge is -1.98. The molecule has 16 heavy (non-hydrogen) atoms. The van der Waals surface area contributed by atoms with Gasteiger partial charge >= 0.3 is 5.97 Å². The van der Waals surface area contributed by atoms with Crippen molar-refractivity contribution < 1.29 is 13.9 Å². The molecule has 1 aromatic carbocycles. The molecular weight excluding hydrogens is 210 g/mol. The Labute approximate surface area is 91.4 Å². The zero-order chi connectivity index (χ0) is 11.5. The first-order valence-corrected chi connectivity index (χ1v) is 4.66. The minimum atomic E-state index is -0.387. The van der Waals surface area contributed by atoms with Crippen LogP contribution in [0.3, 0.4) is 0 Å². The van der Waals surface area contributed by atoms with Crippen molar-refractivity contribution in [2.24, 2.45) is 0 Å². The summed E-state index contributed by atoms with van der Waals surface area (Å²) < 4.78 is 9.81. The molecule has 1 aromatic heterocycles. The topological polar surface area (TPSA) is 90.4 Å². The molecule has 0 bridgehead atoms. The van der Waals surface area contributed by atoms with Gasteiger partial charge in [0.25, 0.3) is 6.01 Å². The number of hydrogen-bond donors (Lipinski definition) is 2. The molecule has 0 amide bonds. The summed E-state index contributed by atoms with van der Waals surface area (Å²) in [4.78, 5) is 15.0. The smallest absolute Gasteiger partial charge is 0.325 e. The number of nitrogens with two attached hydrogens (primary N) is 1. The molecule has 0 aliphatic rings. The number of ether oxygens (including phenoxy) is 1. The molecule has 3 N–H and O–H groups in total. The van der Waals surface area contributed by atoms with Crippen molar-refractivity contribution >= 4 is 28.8 Å². The summed E-state index contributed by atoms with van der Waals surface area (Å²) in [7, 11) is 1.32. The number of nitrogen functional groups attached to an aromatic ring is 1. The van der Waals surface area contributed by atoms with Crippen LogP contribution >= 0.6 is 0 Å². The first-order chi connectivity index (χ1) is 7.69. The number of anilines is 2. The SMILES string of the molecule is COC(=O)CNc1nc2cc(N)ccc2o1. The molecule has 0 fully saturated rings. The maximum absolute atomic E-state index is 10.9. The van der Waals surface area contributed by atoms with Gasteiger partial charge in [-0.2, -0.15) is 4.98 Å². The highest BCUT2D eigenvalue weighted by atomic mass is 16.5. The van der Waals surface area contributed by atoms with Crippen molar-refractivity contribution in [3.8, 4) is 0 Å². The molecule has 0 unspecified atom stereocenters. The Balaban J connectivity index is 2.16. The number of methoxy groups -OCH3 is 1. The highest BCUT2D eigenvalue weighted by Crippen LogP contribution is 2.20.